The number of anilines is 2. The number of aryl methyl sites for hydroxylation is 2. The first-order valence-electron chi connectivity index (χ1n) is 6.48. The number of rotatable bonds is 4. The van der Waals surface area contributed by atoms with E-state index in [4.69, 9.17) is 10.3 Å². The second kappa shape index (κ2) is 5.53. The number of nitrogens with two attached hydrogens (primary N) is 1. The Hall–Kier alpha value is -2.41. The molecule has 0 fully saturated rings. The topological polar surface area (TPSA) is 89.9 Å². The highest BCUT2D eigenvalue weighted by Gasteiger charge is 2.15. The van der Waals surface area contributed by atoms with Crippen molar-refractivity contribution in [2.75, 3.05) is 11.1 Å². The van der Waals surface area contributed by atoms with Crippen LogP contribution in [0.1, 0.15) is 17.0 Å². The van der Waals surface area contributed by atoms with Gasteiger partial charge in [-0.2, -0.15) is 4.37 Å². The number of hydrogen-bond donors (Lipinski definition) is 2. The molecular formula is C14H15N5OS. The summed E-state index contributed by atoms with van der Waals surface area (Å²) < 4.78 is 9.40. The van der Waals surface area contributed by atoms with Gasteiger partial charge in [0.25, 0.3) is 0 Å². The summed E-state index contributed by atoms with van der Waals surface area (Å²) in [6.45, 7) is 4.46. The van der Waals surface area contributed by atoms with Crippen LogP contribution in [0, 0.1) is 13.8 Å². The Kier molecular flexibility index (Phi) is 3.57. The number of pyridine rings is 1. The Morgan fingerprint density at radius 2 is 2.05 bits per heavy atom. The van der Waals surface area contributed by atoms with Crippen LogP contribution >= 0.6 is 11.5 Å². The van der Waals surface area contributed by atoms with Crippen LogP contribution in [-0.4, -0.2) is 14.5 Å². The summed E-state index contributed by atoms with van der Waals surface area (Å²) in [4.78, 5) is 4.03. The summed E-state index contributed by atoms with van der Waals surface area (Å²) in [5, 5.41) is 8.26. The summed E-state index contributed by atoms with van der Waals surface area (Å²) in [7, 11) is 0. The molecule has 21 heavy (non-hydrogen) atoms. The fourth-order valence-electron chi connectivity index (χ4n) is 2.14. The highest BCUT2D eigenvalue weighted by Crippen LogP contribution is 2.36. The molecule has 3 aromatic heterocycles. The summed E-state index contributed by atoms with van der Waals surface area (Å²) in [6, 6.07) is 3.84. The molecule has 0 aromatic carbocycles. The number of nitrogens with one attached hydrogen (secondary N) is 1. The van der Waals surface area contributed by atoms with E-state index in [1.807, 2.05) is 26.0 Å². The third kappa shape index (κ3) is 2.59. The summed E-state index contributed by atoms with van der Waals surface area (Å²) in [6.07, 6.45) is 3.48. The van der Waals surface area contributed by atoms with E-state index in [1.54, 1.807) is 12.4 Å². The lowest BCUT2D eigenvalue weighted by Gasteiger charge is -2.07. The van der Waals surface area contributed by atoms with Gasteiger partial charge in [0.2, 0.25) is 0 Å². The number of aromatic nitrogens is 3. The monoisotopic (exact) mass is 301 g/mol. The van der Waals surface area contributed by atoms with Gasteiger partial charge in [0.15, 0.2) is 0 Å². The fourth-order valence-corrected chi connectivity index (χ4v) is 2.87. The molecule has 0 radical (unpaired) electrons. The van der Waals surface area contributed by atoms with Crippen LogP contribution < -0.4 is 11.1 Å². The molecule has 0 aliphatic carbocycles. The van der Waals surface area contributed by atoms with Gasteiger partial charge in [0, 0.05) is 24.5 Å². The van der Waals surface area contributed by atoms with Gasteiger partial charge in [0.05, 0.1) is 11.3 Å². The number of nitrogens with zero attached hydrogens (tertiary/aromatic N) is 3. The van der Waals surface area contributed by atoms with Gasteiger partial charge in [-0.25, -0.2) is 0 Å². The van der Waals surface area contributed by atoms with Crippen molar-refractivity contribution in [3.63, 3.8) is 0 Å². The van der Waals surface area contributed by atoms with Crippen molar-refractivity contribution in [1.82, 2.24) is 14.5 Å². The molecule has 0 spiro atoms. The van der Waals surface area contributed by atoms with Crippen molar-refractivity contribution < 1.29 is 4.52 Å². The van der Waals surface area contributed by atoms with E-state index in [9.17, 15) is 0 Å². The van der Waals surface area contributed by atoms with E-state index >= 15 is 0 Å². The highest BCUT2D eigenvalue weighted by molar-refractivity contribution is 7.11. The lowest BCUT2D eigenvalue weighted by atomic mass is 10.1. The smallest absolute Gasteiger partial charge is 0.147 e. The molecule has 0 saturated heterocycles. The molecule has 3 rings (SSSR count). The van der Waals surface area contributed by atoms with E-state index in [-0.39, 0.29) is 0 Å². The fraction of sp³-hybridized carbons (Fsp3) is 0.214. The molecule has 7 heteroatoms. The number of hydrogen-bond acceptors (Lipinski definition) is 7. The Bertz CT molecular complexity index is 731. The van der Waals surface area contributed by atoms with Crippen LogP contribution in [0.5, 0.6) is 0 Å². The summed E-state index contributed by atoms with van der Waals surface area (Å²) >= 11 is 1.35. The summed E-state index contributed by atoms with van der Waals surface area (Å²) in [5.41, 5.74) is 9.85. The molecule has 3 aromatic rings. The predicted molar refractivity (Wildman–Crippen MR) is 83.1 cm³/mol. The zero-order valence-corrected chi connectivity index (χ0v) is 12.6. The first-order chi connectivity index (χ1) is 10.2. The third-order valence-corrected chi connectivity index (χ3v) is 4.11. The molecular weight excluding hydrogens is 286 g/mol. The van der Waals surface area contributed by atoms with Crippen molar-refractivity contribution in [3.05, 3.63) is 41.5 Å². The first kappa shape index (κ1) is 13.6. The van der Waals surface area contributed by atoms with Crippen molar-refractivity contribution in [3.8, 4) is 11.1 Å². The van der Waals surface area contributed by atoms with Gasteiger partial charge in [-0.05, 0) is 43.1 Å². The van der Waals surface area contributed by atoms with Crippen LogP contribution in [0.2, 0.25) is 0 Å². The average molecular weight is 301 g/mol. The number of nitrogen functional groups attached to an aromatic ring is 1. The molecule has 0 bridgehead atoms. The van der Waals surface area contributed by atoms with Crippen LogP contribution in [-0.2, 0) is 6.54 Å². The minimum Gasteiger partial charge on any atom is -0.382 e. The maximum absolute atomic E-state index is 5.99. The van der Waals surface area contributed by atoms with E-state index < -0.39 is 0 Å². The third-order valence-electron chi connectivity index (χ3n) is 3.29. The highest BCUT2D eigenvalue weighted by atomic mass is 32.1. The van der Waals surface area contributed by atoms with E-state index in [0.29, 0.717) is 12.4 Å². The molecule has 0 aliphatic heterocycles. The molecule has 3 N–H and O–H groups in total. The van der Waals surface area contributed by atoms with Crippen molar-refractivity contribution in [2.45, 2.75) is 20.4 Å². The van der Waals surface area contributed by atoms with Crippen LogP contribution in [0.4, 0.5) is 10.8 Å². The largest absolute Gasteiger partial charge is 0.382 e. The maximum atomic E-state index is 5.99. The van der Waals surface area contributed by atoms with Gasteiger partial charge in [0.1, 0.15) is 16.6 Å². The first-order valence-corrected chi connectivity index (χ1v) is 7.25. The minimum absolute atomic E-state index is 0.521. The zero-order chi connectivity index (χ0) is 14.8. The standard InChI is InChI=1S/C14H15N5OS/c1-8-11(9(2)20-18-8)7-17-14-12(13(15)19-21-14)10-3-5-16-6-4-10/h3-6,17H,7H2,1-2H3,(H2,15,19). The second-order valence-electron chi connectivity index (χ2n) is 4.66. The van der Waals surface area contributed by atoms with Gasteiger partial charge < -0.3 is 15.6 Å². The van der Waals surface area contributed by atoms with Crippen molar-refractivity contribution in [1.29, 1.82) is 0 Å². The normalized spacial score (nSPS) is 10.8. The van der Waals surface area contributed by atoms with Gasteiger partial charge >= 0.3 is 0 Å². The van der Waals surface area contributed by atoms with Crippen molar-refractivity contribution >= 4 is 22.4 Å². The zero-order valence-electron chi connectivity index (χ0n) is 11.8. The molecule has 0 unspecified atom stereocenters. The molecule has 0 atom stereocenters. The van der Waals surface area contributed by atoms with Crippen LogP contribution in [0.3, 0.4) is 0 Å². The quantitative estimate of drug-likeness (QED) is 0.770. The Labute approximate surface area is 126 Å². The van der Waals surface area contributed by atoms with E-state index in [0.717, 1.165) is 33.1 Å². The van der Waals surface area contributed by atoms with E-state index in [2.05, 4.69) is 19.8 Å². The van der Waals surface area contributed by atoms with Crippen molar-refractivity contribution in [2.24, 2.45) is 0 Å². The Balaban J connectivity index is 1.88. The SMILES string of the molecule is Cc1noc(C)c1CNc1snc(N)c1-c1ccncc1. The molecule has 0 saturated carbocycles. The van der Waals surface area contributed by atoms with Gasteiger partial charge in [-0.3, -0.25) is 4.98 Å². The molecule has 108 valence electrons. The van der Waals surface area contributed by atoms with Gasteiger partial charge in [-0.1, -0.05) is 5.16 Å². The minimum atomic E-state index is 0.521. The average Bonchev–Trinajstić information content (AvgIpc) is 3.01. The Morgan fingerprint density at radius 1 is 1.29 bits per heavy atom. The second-order valence-corrected chi connectivity index (χ2v) is 5.44. The van der Waals surface area contributed by atoms with Crippen LogP contribution in [0.25, 0.3) is 11.1 Å². The summed E-state index contributed by atoms with van der Waals surface area (Å²) in [5.74, 6) is 1.34. The lowest BCUT2D eigenvalue weighted by Crippen LogP contribution is -2.01. The molecule has 0 amide bonds. The lowest BCUT2D eigenvalue weighted by molar-refractivity contribution is 0.392. The Morgan fingerprint density at radius 3 is 2.71 bits per heavy atom. The molecule has 3 heterocycles. The van der Waals surface area contributed by atoms with E-state index in [1.165, 1.54) is 11.5 Å². The maximum Gasteiger partial charge on any atom is 0.147 e. The molecule has 6 nitrogen and oxygen atoms in total. The predicted octanol–water partition coefficient (Wildman–Crippen LogP) is 3.00. The van der Waals surface area contributed by atoms with Gasteiger partial charge in [-0.15, -0.1) is 0 Å². The van der Waals surface area contributed by atoms with Crippen LogP contribution in [0.15, 0.2) is 29.0 Å². The molecule has 0 aliphatic rings.